The summed E-state index contributed by atoms with van der Waals surface area (Å²) in [6.45, 7) is 1.94. The van der Waals surface area contributed by atoms with Crippen molar-refractivity contribution in [3.63, 3.8) is 0 Å². The van der Waals surface area contributed by atoms with Crippen molar-refractivity contribution < 1.29 is 19.1 Å². The molecule has 1 aliphatic carbocycles. The highest BCUT2D eigenvalue weighted by atomic mass is 16.5. The van der Waals surface area contributed by atoms with Crippen LogP contribution in [0.5, 0.6) is 0 Å². The first-order chi connectivity index (χ1) is 9.54. The molecule has 1 saturated heterocycles. The van der Waals surface area contributed by atoms with Crippen molar-refractivity contribution in [2.75, 3.05) is 13.7 Å². The molecular weight excluding hydrogens is 260 g/mol. The lowest BCUT2D eigenvalue weighted by molar-refractivity contribution is -0.136. The highest BCUT2D eigenvalue weighted by molar-refractivity contribution is 6.07. The number of carbonyl (C=O) groups is 3. The molecule has 1 spiro atoms. The smallest absolute Gasteiger partial charge is 0.333 e. The maximum absolute atomic E-state index is 12.4. The normalized spacial score (nSPS) is 21.5. The Kier molecular flexibility index (Phi) is 4.11. The van der Waals surface area contributed by atoms with Crippen molar-refractivity contribution >= 4 is 17.9 Å². The molecule has 0 bridgehead atoms. The van der Waals surface area contributed by atoms with E-state index in [-0.39, 0.29) is 18.5 Å². The van der Waals surface area contributed by atoms with E-state index in [2.05, 4.69) is 10.1 Å². The number of urea groups is 1. The molecular formula is C14H20N2O4. The van der Waals surface area contributed by atoms with Gasteiger partial charge in [0, 0.05) is 12.1 Å². The molecule has 110 valence electrons. The fourth-order valence-electron chi connectivity index (χ4n) is 2.86. The van der Waals surface area contributed by atoms with E-state index in [4.69, 9.17) is 0 Å². The Morgan fingerprint density at radius 1 is 1.40 bits per heavy atom. The Hall–Kier alpha value is -1.85. The number of nitrogens with one attached hydrogen (secondary N) is 1. The Balaban J connectivity index is 2.10. The number of hydrogen-bond acceptors (Lipinski definition) is 4. The van der Waals surface area contributed by atoms with Crippen LogP contribution in [0.3, 0.4) is 0 Å². The van der Waals surface area contributed by atoms with Crippen molar-refractivity contribution in [1.82, 2.24) is 10.2 Å². The van der Waals surface area contributed by atoms with Gasteiger partial charge in [-0.15, -0.1) is 0 Å². The lowest BCUT2D eigenvalue weighted by atomic mass is 9.98. The Morgan fingerprint density at radius 3 is 2.60 bits per heavy atom. The van der Waals surface area contributed by atoms with E-state index in [1.54, 1.807) is 6.08 Å². The number of imide groups is 1. The summed E-state index contributed by atoms with van der Waals surface area (Å²) in [6.07, 6.45) is 5.42. The summed E-state index contributed by atoms with van der Waals surface area (Å²) in [7, 11) is 1.31. The molecule has 0 aromatic heterocycles. The number of hydrogen-bond donors (Lipinski definition) is 1. The summed E-state index contributed by atoms with van der Waals surface area (Å²) < 4.78 is 4.65. The van der Waals surface area contributed by atoms with Crippen LogP contribution in [0.4, 0.5) is 4.79 Å². The van der Waals surface area contributed by atoms with Gasteiger partial charge in [-0.05, 0) is 19.3 Å². The van der Waals surface area contributed by atoms with E-state index in [9.17, 15) is 14.4 Å². The average molecular weight is 280 g/mol. The van der Waals surface area contributed by atoms with Gasteiger partial charge < -0.3 is 10.1 Å². The average Bonchev–Trinajstić information content (AvgIpc) is 2.99. The van der Waals surface area contributed by atoms with Gasteiger partial charge in [-0.3, -0.25) is 9.69 Å². The predicted octanol–water partition coefficient (Wildman–Crippen LogP) is 1.36. The number of methoxy groups -OCH3 is 1. The molecule has 1 aliphatic heterocycles. The molecule has 2 rings (SSSR count). The number of esters is 1. The van der Waals surface area contributed by atoms with Crippen LogP contribution in [0.2, 0.25) is 0 Å². The monoisotopic (exact) mass is 280 g/mol. The first kappa shape index (κ1) is 14.6. The number of amides is 3. The zero-order valence-corrected chi connectivity index (χ0v) is 11.9. The van der Waals surface area contributed by atoms with Crippen molar-refractivity contribution in [3.8, 4) is 0 Å². The van der Waals surface area contributed by atoms with E-state index in [0.717, 1.165) is 12.8 Å². The van der Waals surface area contributed by atoms with Gasteiger partial charge in [0.05, 0.1) is 7.11 Å². The first-order valence-electron chi connectivity index (χ1n) is 6.95. The van der Waals surface area contributed by atoms with Crippen LogP contribution in [0, 0.1) is 0 Å². The fourth-order valence-corrected chi connectivity index (χ4v) is 2.86. The number of nitrogens with zero attached hydrogens (tertiary/aromatic N) is 1. The number of ether oxygens (including phenoxy) is 1. The van der Waals surface area contributed by atoms with Gasteiger partial charge in [0.1, 0.15) is 5.54 Å². The van der Waals surface area contributed by atoms with Gasteiger partial charge >= 0.3 is 12.0 Å². The van der Waals surface area contributed by atoms with Crippen LogP contribution in [-0.2, 0) is 14.3 Å². The van der Waals surface area contributed by atoms with Gasteiger partial charge in [-0.1, -0.05) is 25.8 Å². The Morgan fingerprint density at radius 2 is 2.05 bits per heavy atom. The highest BCUT2D eigenvalue weighted by Gasteiger charge is 2.51. The summed E-state index contributed by atoms with van der Waals surface area (Å²) in [6, 6.07) is -0.367. The quantitative estimate of drug-likeness (QED) is 0.479. The Bertz CT molecular complexity index is 464. The standard InChI is InChI=1S/C14H20N2O4/c1-3-10(11(17)20-2)6-9-16-12(18)14(15-13(16)19)7-4-5-8-14/h6H,3-5,7-9H2,1-2H3,(H,15,19). The van der Waals surface area contributed by atoms with Gasteiger partial charge in [-0.2, -0.15) is 0 Å². The van der Waals surface area contributed by atoms with E-state index in [0.29, 0.717) is 24.8 Å². The summed E-state index contributed by atoms with van der Waals surface area (Å²) >= 11 is 0. The van der Waals surface area contributed by atoms with Crippen LogP contribution in [0.15, 0.2) is 11.6 Å². The van der Waals surface area contributed by atoms with E-state index < -0.39 is 11.5 Å². The van der Waals surface area contributed by atoms with Crippen LogP contribution in [0.25, 0.3) is 0 Å². The summed E-state index contributed by atoms with van der Waals surface area (Å²) in [5, 5.41) is 2.81. The second kappa shape index (κ2) is 5.64. The number of rotatable bonds is 4. The zero-order chi connectivity index (χ0) is 14.8. The third kappa shape index (κ3) is 2.42. The number of carbonyl (C=O) groups excluding carboxylic acids is 3. The molecule has 0 unspecified atom stereocenters. The molecule has 1 N–H and O–H groups in total. The van der Waals surface area contributed by atoms with Gasteiger partial charge in [-0.25, -0.2) is 9.59 Å². The van der Waals surface area contributed by atoms with Crippen molar-refractivity contribution in [2.45, 2.75) is 44.6 Å². The minimum Gasteiger partial charge on any atom is -0.466 e. The van der Waals surface area contributed by atoms with Gasteiger partial charge in [0.25, 0.3) is 5.91 Å². The molecule has 6 nitrogen and oxygen atoms in total. The highest BCUT2D eigenvalue weighted by Crippen LogP contribution is 2.34. The van der Waals surface area contributed by atoms with Crippen molar-refractivity contribution in [2.24, 2.45) is 0 Å². The third-order valence-corrected chi connectivity index (χ3v) is 4.05. The summed E-state index contributed by atoms with van der Waals surface area (Å²) in [5.41, 5.74) is -0.219. The van der Waals surface area contributed by atoms with Crippen molar-refractivity contribution in [1.29, 1.82) is 0 Å². The first-order valence-corrected chi connectivity index (χ1v) is 6.95. The van der Waals surface area contributed by atoms with Crippen LogP contribution >= 0.6 is 0 Å². The molecule has 2 fully saturated rings. The molecule has 0 radical (unpaired) electrons. The van der Waals surface area contributed by atoms with Gasteiger partial charge in [0.2, 0.25) is 0 Å². The maximum Gasteiger partial charge on any atom is 0.333 e. The largest absolute Gasteiger partial charge is 0.466 e. The lowest BCUT2D eigenvalue weighted by Crippen LogP contribution is -2.44. The molecule has 3 amide bonds. The van der Waals surface area contributed by atoms with Crippen LogP contribution < -0.4 is 5.32 Å². The molecule has 6 heteroatoms. The van der Waals surface area contributed by atoms with E-state index in [1.165, 1.54) is 12.0 Å². The van der Waals surface area contributed by atoms with Gasteiger partial charge in [0.15, 0.2) is 0 Å². The zero-order valence-electron chi connectivity index (χ0n) is 11.9. The summed E-state index contributed by atoms with van der Waals surface area (Å²) in [4.78, 5) is 37.0. The lowest BCUT2D eigenvalue weighted by Gasteiger charge is -2.19. The van der Waals surface area contributed by atoms with Crippen LogP contribution in [-0.4, -0.2) is 42.0 Å². The minimum atomic E-state index is -0.692. The molecule has 1 saturated carbocycles. The molecule has 0 aromatic rings. The molecule has 1 heterocycles. The third-order valence-electron chi connectivity index (χ3n) is 4.05. The summed E-state index contributed by atoms with van der Waals surface area (Å²) in [5.74, 6) is -0.591. The van der Waals surface area contributed by atoms with E-state index in [1.807, 2.05) is 6.92 Å². The minimum absolute atomic E-state index is 0.116. The fraction of sp³-hybridized carbons (Fsp3) is 0.643. The second-order valence-electron chi connectivity index (χ2n) is 5.21. The molecule has 0 aromatic carbocycles. The molecule has 20 heavy (non-hydrogen) atoms. The second-order valence-corrected chi connectivity index (χ2v) is 5.21. The maximum atomic E-state index is 12.4. The Labute approximate surface area is 118 Å². The van der Waals surface area contributed by atoms with Crippen LogP contribution in [0.1, 0.15) is 39.0 Å². The van der Waals surface area contributed by atoms with Crippen molar-refractivity contribution in [3.05, 3.63) is 11.6 Å². The SMILES string of the molecule is CCC(=CCN1C(=O)NC2(CCCC2)C1=O)C(=O)OC. The topological polar surface area (TPSA) is 75.7 Å². The predicted molar refractivity (Wildman–Crippen MR) is 71.8 cm³/mol. The molecule has 0 atom stereocenters. The van der Waals surface area contributed by atoms with E-state index >= 15 is 0 Å². The molecule has 2 aliphatic rings.